The molecule has 0 rings (SSSR count). The van der Waals surface area contributed by atoms with Gasteiger partial charge in [-0.3, -0.25) is 9.59 Å². The lowest BCUT2D eigenvalue weighted by Gasteiger charge is -2.18. The van der Waals surface area contributed by atoms with Crippen LogP contribution < -0.4 is 0 Å². The summed E-state index contributed by atoms with van der Waals surface area (Å²) in [5.74, 6) is -0.412. The van der Waals surface area contributed by atoms with E-state index < -0.39 is 6.10 Å². The monoisotopic (exact) mass is 841 g/mol. The van der Waals surface area contributed by atoms with Crippen LogP contribution in [0.15, 0.2) is 48.6 Å². The van der Waals surface area contributed by atoms with Crippen molar-refractivity contribution >= 4 is 11.9 Å². The van der Waals surface area contributed by atoms with E-state index in [0.717, 1.165) is 77.0 Å². The Bertz CT molecular complexity index is 997. The Morgan fingerprint density at radius 2 is 0.700 bits per heavy atom. The Balaban J connectivity index is 4.25. The number of unbranched alkanes of at least 4 members (excludes halogenated alkanes) is 29. The number of allylic oxidation sites excluding steroid dienone is 8. The molecule has 0 heterocycles. The van der Waals surface area contributed by atoms with E-state index in [4.69, 9.17) is 14.2 Å². The molecule has 0 aromatic rings. The summed E-state index contributed by atoms with van der Waals surface area (Å²) in [5.41, 5.74) is 0. The Kier molecular flexibility index (Phi) is 49.4. The van der Waals surface area contributed by atoms with Gasteiger partial charge in [0.15, 0.2) is 6.10 Å². The van der Waals surface area contributed by atoms with Gasteiger partial charge in [-0.15, -0.1) is 0 Å². The highest BCUT2D eigenvalue weighted by atomic mass is 16.6. The van der Waals surface area contributed by atoms with Crippen LogP contribution >= 0.6 is 0 Å². The second-order valence-electron chi connectivity index (χ2n) is 17.4. The van der Waals surface area contributed by atoms with Gasteiger partial charge in [-0.1, -0.05) is 217 Å². The predicted octanol–water partition coefficient (Wildman–Crippen LogP) is 17.6. The highest BCUT2D eigenvalue weighted by Crippen LogP contribution is 2.14. The van der Waals surface area contributed by atoms with E-state index in [1.165, 1.54) is 154 Å². The minimum Gasteiger partial charge on any atom is -0.462 e. The molecule has 0 radical (unpaired) electrons. The summed E-state index contributed by atoms with van der Waals surface area (Å²) in [4.78, 5) is 25.4. The first kappa shape index (κ1) is 57.9. The van der Waals surface area contributed by atoms with Gasteiger partial charge in [-0.25, -0.2) is 0 Å². The van der Waals surface area contributed by atoms with Gasteiger partial charge in [0.05, 0.1) is 6.61 Å². The molecule has 0 aliphatic rings. The number of hydrogen-bond donors (Lipinski definition) is 0. The zero-order valence-electron chi connectivity index (χ0n) is 40.2. The summed E-state index contributed by atoms with van der Waals surface area (Å²) in [6, 6.07) is 0. The average Bonchev–Trinajstić information content (AvgIpc) is 3.25. The van der Waals surface area contributed by atoms with Crippen molar-refractivity contribution in [3.05, 3.63) is 48.6 Å². The summed E-state index contributed by atoms with van der Waals surface area (Å²) in [6.45, 7) is 7.79. The molecule has 0 saturated carbocycles. The smallest absolute Gasteiger partial charge is 0.306 e. The zero-order chi connectivity index (χ0) is 43.5. The fourth-order valence-electron chi connectivity index (χ4n) is 7.39. The molecule has 0 aliphatic heterocycles. The first-order chi connectivity index (χ1) is 29.6. The molecule has 1 atom stereocenters. The van der Waals surface area contributed by atoms with Crippen molar-refractivity contribution in [3.63, 3.8) is 0 Å². The molecule has 5 heteroatoms. The minimum atomic E-state index is -0.542. The summed E-state index contributed by atoms with van der Waals surface area (Å²) in [5, 5.41) is 0. The number of carbonyl (C=O) groups excluding carboxylic acids is 2. The molecule has 0 spiro atoms. The van der Waals surface area contributed by atoms with Crippen LogP contribution in [-0.4, -0.2) is 37.9 Å². The summed E-state index contributed by atoms with van der Waals surface area (Å²) in [7, 11) is 0. The van der Waals surface area contributed by atoms with E-state index in [1.54, 1.807) is 0 Å². The third-order valence-electron chi connectivity index (χ3n) is 11.3. The van der Waals surface area contributed by atoms with Crippen molar-refractivity contribution in [1.29, 1.82) is 0 Å². The maximum atomic E-state index is 12.8. The van der Waals surface area contributed by atoms with Gasteiger partial charge in [0.2, 0.25) is 0 Å². The zero-order valence-corrected chi connectivity index (χ0v) is 40.2. The molecule has 0 amide bonds. The van der Waals surface area contributed by atoms with Gasteiger partial charge in [0.25, 0.3) is 0 Å². The number of rotatable bonds is 48. The minimum absolute atomic E-state index is 0.0780. The van der Waals surface area contributed by atoms with Crippen molar-refractivity contribution in [2.75, 3.05) is 19.8 Å². The van der Waals surface area contributed by atoms with Crippen LogP contribution in [0.25, 0.3) is 0 Å². The number of hydrogen-bond acceptors (Lipinski definition) is 5. The molecule has 350 valence electrons. The fraction of sp³-hybridized carbons (Fsp3) is 0.818. The maximum absolute atomic E-state index is 12.8. The standard InChI is InChI=1S/C55H100O5/c1-4-7-10-13-16-19-22-25-26-27-28-29-30-32-33-36-39-42-45-48-54(56)59-52-53(51-58-50-47-44-41-38-35-24-21-18-15-12-9-6-3)60-55(57)49-46-43-40-37-34-31-23-20-17-14-11-8-5-2/h16,19-20,23,25-26,28-29,53H,4-15,17-18,21-22,24,27,30-52H2,1-3H3/b19-16-,23-20-,26-25-,29-28-. The lowest BCUT2D eigenvalue weighted by atomic mass is 10.1. The van der Waals surface area contributed by atoms with Crippen LogP contribution in [0, 0.1) is 0 Å². The largest absolute Gasteiger partial charge is 0.462 e. The quantitative estimate of drug-likeness (QED) is 0.0347. The molecule has 0 fully saturated rings. The molecular weight excluding hydrogens is 741 g/mol. The third-order valence-corrected chi connectivity index (χ3v) is 11.3. The third kappa shape index (κ3) is 48.5. The van der Waals surface area contributed by atoms with Crippen LogP contribution in [0.4, 0.5) is 0 Å². The average molecular weight is 841 g/mol. The number of ether oxygens (including phenoxy) is 3. The second kappa shape index (κ2) is 51.2. The first-order valence-electron chi connectivity index (χ1n) is 26.2. The molecule has 5 nitrogen and oxygen atoms in total. The van der Waals surface area contributed by atoms with Gasteiger partial charge in [0, 0.05) is 19.4 Å². The molecule has 1 unspecified atom stereocenters. The topological polar surface area (TPSA) is 61.8 Å². The van der Waals surface area contributed by atoms with E-state index in [-0.39, 0.29) is 25.2 Å². The van der Waals surface area contributed by atoms with Gasteiger partial charge in [-0.05, 0) is 83.5 Å². The van der Waals surface area contributed by atoms with Crippen molar-refractivity contribution in [3.8, 4) is 0 Å². The van der Waals surface area contributed by atoms with Gasteiger partial charge < -0.3 is 14.2 Å². The van der Waals surface area contributed by atoms with Crippen molar-refractivity contribution in [2.24, 2.45) is 0 Å². The molecule has 0 saturated heterocycles. The Morgan fingerprint density at radius 1 is 0.367 bits per heavy atom. The lowest BCUT2D eigenvalue weighted by Crippen LogP contribution is -2.30. The van der Waals surface area contributed by atoms with E-state index >= 15 is 0 Å². The maximum Gasteiger partial charge on any atom is 0.306 e. The van der Waals surface area contributed by atoms with Crippen LogP contribution in [0.5, 0.6) is 0 Å². The second-order valence-corrected chi connectivity index (χ2v) is 17.4. The molecule has 0 aliphatic carbocycles. The molecular formula is C55H100O5. The van der Waals surface area contributed by atoms with Gasteiger partial charge in [-0.2, -0.15) is 0 Å². The molecule has 0 bridgehead atoms. The van der Waals surface area contributed by atoms with E-state index in [9.17, 15) is 9.59 Å². The summed E-state index contributed by atoms with van der Waals surface area (Å²) < 4.78 is 17.4. The fourth-order valence-corrected chi connectivity index (χ4v) is 7.39. The van der Waals surface area contributed by atoms with E-state index in [1.807, 2.05) is 0 Å². The lowest BCUT2D eigenvalue weighted by molar-refractivity contribution is -0.163. The first-order valence-corrected chi connectivity index (χ1v) is 26.2. The molecule has 0 aromatic carbocycles. The Morgan fingerprint density at radius 3 is 1.18 bits per heavy atom. The number of esters is 2. The normalized spacial score (nSPS) is 12.5. The Labute approximate surface area is 373 Å². The predicted molar refractivity (Wildman–Crippen MR) is 261 cm³/mol. The molecule has 0 N–H and O–H groups in total. The van der Waals surface area contributed by atoms with E-state index in [2.05, 4.69) is 69.4 Å². The van der Waals surface area contributed by atoms with Crippen molar-refractivity contribution in [1.82, 2.24) is 0 Å². The van der Waals surface area contributed by atoms with Crippen LogP contribution in [0.2, 0.25) is 0 Å². The molecule has 0 aromatic heterocycles. The van der Waals surface area contributed by atoms with Crippen LogP contribution in [-0.2, 0) is 23.8 Å². The SMILES string of the molecule is CCCCC/C=C\C/C=C\C/C=C\CCCCCCCCC(=O)OCC(COCCCCCCCCCCCCCC)OC(=O)CCCCCCC/C=C\CCCCCC. The van der Waals surface area contributed by atoms with Crippen LogP contribution in [0.1, 0.15) is 265 Å². The van der Waals surface area contributed by atoms with Gasteiger partial charge in [0.1, 0.15) is 6.61 Å². The van der Waals surface area contributed by atoms with Gasteiger partial charge >= 0.3 is 11.9 Å². The summed E-state index contributed by atoms with van der Waals surface area (Å²) >= 11 is 0. The summed E-state index contributed by atoms with van der Waals surface area (Å²) in [6.07, 6.45) is 62.5. The van der Waals surface area contributed by atoms with Crippen molar-refractivity contribution in [2.45, 2.75) is 271 Å². The number of carbonyl (C=O) groups is 2. The van der Waals surface area contributed by atoms with E-state index in [0.29, 0.717) is 19.4 Å². The highest BCUT2D eigenvalue weighted by molar-refractivity contribution is 5.70. The molecule has 60 heavy (non-hydrogen) atoms. The van der Waals surface area contributed by atoms with Crippen LogP contribution in [0.3, 0.4) is 0 Å². The highest BCUT2D eigenvalue weighted by Gasteiger charge is 2.17. The van der Waals surface area contributed by atoms with Crippen molar-refractivity contribution < 1.29 is 23.8 Å². The Hall–Kier alpha value is -2.14.